The van der Waals surface area contributed by atoms with Gasteiger partial charge in [0.2, 0.25) is 0 Å². The molecule has 0 spiro atoms. The molecule has 0 amide bonds. The van der Waals surface area contributed by atoms with Crippen molar-refractivity contribution in [2.75, 3.05) is 6.54 Å². The number of carboxylic acid groups (broad SMARTS) is 1. The highest BCUT2D eigenvalue weighted by Crippen LogP contribution is 2.29. The van der Waals surface area contributed by atoms with Gasteiger partial charge in [0.1, 0.15) is 0 Å². The van der Waals surface area contributed by atoms with Crippen LogP contribution in [0.2, 0.25) is 0 Å². The molecule has 3 nitrogen and oxygen atoms in total. The third kappa shape index (κ3) is 41.4. The van der Waals surface area contributed by atoms with Crippen molar-refractivity contribution in [3.05, 3.63) is 0 Å². The molecule has 0 fully saturated rings. The summed E-state index contributed by atoms with van der Waals surface area (Å²) >= 11 is 0. The molecule has 0 bridgehead atoms. The standard InChI is InChI=1S/C40H83N.C2H4O2/c1-4-7-10-13-16-19-22-25-27-30-33-36-39(35-32-29-26-23-20-17-14-11-8-5-2)40(38-41)37-34-31-28-24-21-18-15-12-9-6-3;1-2(3)4/h39-40H,4-38,41H2,1-3H3;1H3,(H,3,4). The van der Waals surface area contributed by atoms with Crippen molar-refractivity contribution in [2.45, 2.75) is 246 Å². The molecular formula is C42H87NO2. The van der Waals surface area contributed by atoms with Crippen molar-refractivity contribution in [3.63, 3.8) is 0 Å². The molecule has 0 aliphatic rings. The summed E-state index contributed by atoms with van der Waals surface area (Å²) in [4.78, 5) is 9.00. The fourth-order valence-corrected chi connectivity index (χ4v) is 7.02. The van der Waals surface area contributed by atoms with E-state index in [1.54, 1.807) is 0 Å². The van der Waals surface area contributed by atoms with E-state index in [1.165, 1.54) is 218 Å². The zero-order valence-corrected chi connectivity index (χ0v) is 31.8. The van der Waals surface area contributed by atoms with Gasteiger partial charge in [0.25, 0.3) is 5.97 Å². The Bertz CT molecular complexity index is 533. The lowest BCUT2D eigenvalue weighted by Crippen LogP contribution is -2.24. The van der Waals surface area contributed by atoms with E-state index in [-0.39, 0.29) is 0 Å². The molecule has 45 heavy (non-hydrogen) atoms. The molecule has 0 radical (unpaired) electrons. The lowest BCUT2D eigenvalue weighted by atomic mass is 9.80. The Labute approximate surface area is 285 Å². The third-order valence-electron chi connectivity index (χ3n) is 10.0. The van der Waals surface area contributed by atoms with E-state index in [9.17, 15) is 0 Å². The van der Waals surface area contributed by atoms with Crippen LogP contribution in [0.4, 0.5) is 0 Å². The zero-order valence-electron chi connectivity index (χ0n) is 31.8. The van der Waals surface area contributed by atoms with E-state index >= 15 is 0 Å². The summed E-state index contributed by atoms with van der Waals surface area (Å²) in [6.45, 7) is 8.96. The topological polar surface area (TPSA) is 63.3 Å². The molecule has 3 N–H and O–H groups in total. The van der Waals surface area contributed by atoms with Crippen LogP contribution in [0.5, 0.6) is 0 Å². The van der Waals surface area contributed by atoms with Crippen molar-refractivity contribution in [3.8, 4) is 0 Å². The summed E-state index contributed by atoms with van der Waals surface area (Å²) < 4.78 is 0. The van der Waals surface area contributed by atoms with Crippen molar-refractivity contribution in [1.29, 1.82) is 0 Å². The normalized spacial score (nSPS) is 12.6. The van der Waals surface area contributed by atoms with Gasteiger partial charge in [0, 0.05) is 6.92 Å². The Morgan fingerprint density at radius 3 is 0.778 bits per heavy atom. The van der Waals surface area contributed by atoms with E-state index in [2.05, 4.69) is 20.8 Å². The van der Waals surface area contributed by atoms with Gasteiger partial charge in [-0.25, -0.2) is 0 Å². The Morgan fingerprint density at radius 2 is 0.578 bits per heavy atom. The summed E-state index contributed by atoms with van der Waals surface area (Å²) in [6.07, 6.45) is 49.2. The number of aliphatic carboxylic acids is 1. The lowest BCUT2D eigenvalue weighted by molar-refractivity contribution is -0.134. The van der Waals surface area contributed by atoms with Crippen LogP contribution in [0.3, 0.4) is 0 Å². The number of hydrogen-bond acceptors (Lipinski definition) is 2. The average Bonchev–Trinajstić information content (AvgIpc) is 3.02. The Morgan fingerprint density at radius 1 is 0.400 bits per heavy atom. The predicted octanol–water partition coefficient (Wildman–Crippen LogP) is 14.6. The van der Waals surface area contributed by atoms with Gasteiger partial charge in [0.15, 0.2) is 0 Å². The molecular weight excluding hydrogens is 550 g/mol. The van der Waals surface area contributed by atoms with Crippen LogP contribution in [0.15, 0.2) is 0 Å². The van der Waals surface area contributed by atoms with Gasteiger partial charge >= 0.3 is 0 Å². The first-order valence-electron chi connectivity index (χ1n) is 20.9. The molecule has 0 aromatic heterocycles. The first-order chi connectivity index (χ1) is 22.0. The summed E-state index contributed by atoms with van der Waals surface area (Å²) in [5, 5.41) is 7.42. The quantitative estimate of drug-likeness (QED) is 0.0672. The van der Waals surface area contributed by atoms with Gasteiger partial charge in [-0.05, 0) is 24.8 Å². The number of hydrogen-bond donors (Lipinski definition) is 2. The zero-order chi connectivity index (χ0) is 33.5. The van der Waals surface area contributed by atoms with E-state index < -0.39 is 5.97 Å². The largest absolute Gasteiger partial charge is 0.481 e. The summed E-state index contributed by atoms with van der Waals surface area (Å²) in [6, 6.07) is 0. The monoisotopic (exact) mass is 638 g/mol. The van der Waals surface area contributed by atoms with Gasteiger partial charge < -0.3 is 10.8 Å². The summed E-state index contributed by atoms with van der Waals surface area (Å²) in [5.41, 5.74) is 6.44. The number of unbranched alkanes of at least 4 members (excludes halogenated alkanes) is 28. The highest BCUT2D eigenvalue weighted by molar-refractivity contribution is 5.62. The average molecular weight is 638 g/mol. The highest BCUT2D eigenvalue weighted by atomic mass is 16.4. The second-order valence-corrected chi connectivity index (χ2v) is 14.5. The fourth-order valence-electron chi connectivity index (χ4n) is 7.02. The van der Waals surface area contributed by atoms with Crippen molar-refractivity contribution >= 4 is 5.97 Å². The lowest BCUT2D eigenvalue weighted by Gasteiger charge is -2.26. The summed E-state index contributed by atoms with van der Waals surface area (Å²) in [7, 11) is 0. The van der Waals surface area contributed by atoms with Crippen molar-refractivity contribution in [2.24, 2.45) is 17.6 Å². The minimum Gasteiger partial charge on any atom is -0.481 e. The van der Waals surface area contributed by atoms with Gasteiger partial charge in [-0.2, -0.15) is 0 Å². The molecule has 2 unspecified atom stereocenters. The molecule has 0 aromatic rings. The minimum absolute atomic E-state index is 0.783. The van der Waals surface area contributed by atoms with Crippen LogP contribution in [-0.2, 0) is 4.79 Å². The number of rotatable bonds is 36. The SMILES string of the molecule is CC(=O)O.CCCCCCCCCCCCCC(CCCCCCCCCCCC)C(CN)CCCCCCCCCCCC. The maximum Gasteiger partial charge on any atom is 0.300 e. The molecule has 0 rings (SSSR count). The van der Waals surface area contributed by atoms with E-state index in [1.807, 2.05) is 0 Å². The minimum atomic E-state index is -0.833. The molecule has 0 aliphatic carbocycles. The van der Waals surface area contributed by atoms with Crippen LogP contribution in [-0.4, -0.2) is 17.6 Å². The van der Waals surface area contributed by atoms with Crippen LogP contribution < -0.4 is 5.73 Å². The van der Waals surface area contributed by atoms with Gasteiger partial charge in [0.05, 0.1) is 0 Å². The van der Waals surface area contributed by atoms with Gasteiger partial charge in [-0.1, -0.05) is 233 Å². The van der Waals surface area contributed by atoms with Crippen molar-refractivity contribution in [1.82, 2.24) is 0 Å². The molecule has 0 aliphatic heterocycles. The molecule has 0 saturated heterocycles. The molecule has 0 saturated carbocycles. The van der Waals surface area contributed by atoms with Gasteiger partial charge in [-0.3, -0.25) is 4.79 Å². The smallest absolute Gasteiger partial charge is 0.300 e. The molecule has 0 heterocycles. The second-order valence-electron chi connectivity index (χ2n) is 14.5. The number of carbonyl (C=O) groups is 1. The predicted molar refractivity (Wildman–Crippen MR) is 203 cm³/mol. The number of carboxylic acids is 1. The van der Waals surface area contributed by atoms with E-state index in [0.717, 1.165) is 25.3 Å². The Hall–Kier alpha value is -0.570. The Balaban J connectivity index is 0. The molecule has 2 atom stereocenters. The van der Waals surface area contributed by atoms with Crippen LogP contribution >= 0.6 is 0 Å². The maximum absolute atomic E-state index is 9.00. The van der Waals surface area contributed by atoms with E-state index in [4.69, 9.17) is 15.6 Å². The van der Waals surface area contributed by atoms with Crippen molar-refractivity contribution < 1.29 is 9.90 Å². The highest BCUT2D eigenvalue weighted by Gasteiger charge is 2.19. The maximum atomic E-state index is 9.00. The van der Waals surface area contributed by atoms with Crippen LogP contribution in [0, 0.1) is 11.8 Å². The van der Waals surface area contributed by atoms with E-state index in [0.29, 0.717) is 0 Å². The first-order valence-corrected chi connectivity index (χ1v) is 20.9. The van der Waals surface area contributed by atoms with Gasteiger partial charge in [-0.15, -0.1) is 0 Å². The fraction of sp³-hybridized carbons (Fsp3) is 0.976. The summed E-state index contributed by atoms with van der Waals surface area (Å²) in [5.74, 6) is 0.844. The molecule has 0 aromatic carbocycles. The third-order valence-corrected chi connectivity index (χ3v) is 10.0. The van der Waals surface area contributed by atoms with Crippen LogP contribution in [0.25, 0.3) is 0 Å². The van der Waals surface area contributed by atoms with Crippen LogP contribution in [0.1, 0.15) is 246 Å². The second kappa shape index (κ2) is 41.5. The first kappa shape index (κ1) is 46.5. The Kier molecular flexibility index (Phi) is 42.9. The number of nitrogens with two attached hydrogens (primary N) is 1. The molecule has 3 heteroatoms. The molecule has 272 valence electrons.